The first-order valence-electron chi connectivity index (χ1n) is 12.8. The van der Waals surface area contributed by atoms with Crippen LogP contribution in [-0.2, 0) is 11.2 Å². The van der Waals surface area contributed by atoms with Gasteiger partial charge in [0.25, 0.3) is 0 Å². The van der Waals surface area contributed by atoms with Crippen LogP contribution in [-0.4, -0.2) is 81.2 Å². The summed E-state index contributed by atoms with van der Waals surface area (Å²) in [6.45, 7) is 5.48. The molecule has 0 bridgehead atoms. The van der Waals surface area contributed by atoms with E-state index in [1.807, 2.05) is 36.5 Å². The number of anilines is 2. The third-order valence-electron chi connectivity index (χ3n) is 7.24. The van der Waals surface area contributed by atoms with Gasteiger partial charge in [-0.2, -0.15) is 0 Å². The second kappa shape index (κ2) is 10.6. The van der Waals surface area contributed by atoms with Crippen molar-refractivity contribution in [2.24, 2.45) is 0 Å². The molecule has 9 nitrogen and oxygen atoms in total. The van der Waals surface area contributed by atoms with Crippen molar-refractivity contribution >= 4 is 22.5 Å². The van der Waals surface area contributed by atoms with Crippen molar-refractivity contribution in [3.8, 4) is 11.1 Å². The highest BCUT2D eigenvalue weighted by atomic mass is 16.5. The molecule has 192 valence electrons. The zero-order valence-corrected chi connectivity index (χ0v) is 20.6. The lowest BCUT2D eigenvalue weighted by Gasteiger charge is -2.27. The molecule has 0 amide bonds. The summed E-state index contributed by atoms with van der Waals surface area (Å²) in [5.41, 5.74) is 4.79. The molecule has 0 aliphatic carbocycles. The standard InChI is InChI=1S/C28H32N6O3/c35-23-17-37-28(25(23)36)34-16-22(20-4-2-1-3-5-20)24-26(30-18-31-27(24)34)32-21-8-6-19(7-9-21)10-13-33-14-11-29-12-15-33/h1-9,16,18,23,25,28-29,35-36H,10-15,17H2,(H,30,31,32)/t23-,25-,28-/m1/s1. The first-order valence-corrected chi connectivity index (χ1v) is 12.8. The molecule has 0 spiro atoms. The van der Waals surface area contributed by atoms with Crippen molar-refractivity contribution in [2.45, 2.75) is 24.9 Å². The fraction of sp³-hybridized carbons (Fsp3) is 0.357. The fourth-order valence-corrected chi connectivity index (χ4v) is 5.15. The van der Waals surface area contributed by atoms with Gasteiger partial charge in [0.15, 0.2) is 6.23 Å². The van der Waals surface area contributed by atoms with Crippen molar-refractivity contribution < 1.29 is 14.9 Å². The number of ether oxygens (including phenoxy) is 1. The highest BCUT2D eigenvalue weighted by Gasteiger charge is 2.37. The van der Waals surface area contributed by atoms with E-state index in [0.717, 1.165) is 61.3 Å². The van der Waals surface area contributed by atoms with Crippen LogP contribution in [0.2, 0.25) is 0 Å². The van der Waals surface area contributed by atoms with Crippen LogP contribution in [0.4, 0.5) is 11.5 Å². The second-order valence-corrected chi connectivity index (χ2v) is 9.68. The molecular formula is C28H32N6O3. The third kappa shape index (κ3) is 4.96. The van der Waals surface area contributed by atoms with Gasteiger partial charge in [-0.15, -0.1) is 0 Å². The minimum absolute atomic E-state index is 0.0728. The molecule has 2 saturated heterocycles. The average molecular weight is 501 g/mol. The van der Waals surface area contributed by atoms with Crippen molar-refractivity contribution in [2.75, 3.05) is 44.6 Å². The fourth-order valence-electron chi connectivity index (χ4n) is 5.15. The van der Waals surface area contributed by atoms with Gasteiger partial charge >= 0.3 is 0 Å². The Morgan fingerprint density at radius 2 is 1.78 bits per heavy atom. The third-order valence-corrected chi connectivity index (χ3v) is 7.24. The van der Waals surface area contributed by atoms with Crippen molar-refractivity contribution in [1.82, 2.24) is 24.8 Å². The summed E-state index contributed by atoms with van der Waals surface area (Å²) in [6, 6.07) is 18.5. The number of hydrogen-bond acceptors (Lipinski definition) is 8. The monoisotopic (exact) mass is 500 g/mol. The number of hydrogen-bond donors (Lipinski definition) is 4. The molecule has 2 fully saturated rings. The molecule has 3 atom stereocenters. The van der Waals surface area contributed by atoms with Gasteiger partial charge < -0.3 is 35.1 Å². The molecule has 9 heteroatoms. The Labute approximate surface area is 215 Å². The maximum Gasteiger partial charge on any atom is 0.164 e. The minimum Gasteiger partial charge on any atom is -0.388 e. The zero-order chi connectivity index (χ0) is 25.2. The molecule has 4 N–H and O–H groups in total. The topological polar surface area (TPSA) is 108 Å². The molecule has 4 heterocycles. The Morgan fingerprint density at radius 3 is 2.51 bits per heavy atom. The van der Waals surface area contributed by atoms with E-state index in [0.29, 0.717) is 11.5 Å². The van der Waals surface area contributed by atoms with Crippen LogP contribution in [0.25, 0.3) is 22.2 Å². The maximum absolute atomic E-state index is 10.5. The Kier molecular flexibility index (Phi) is 6.86. The van der Waals surface area contributed by atoms with Crippen LogP contribution in [0, 0.1) is 0 Å². The summed E-state index contributed by atoms with van der Waals surface area (Å²) in [4.78, 5) is 11.6. The number of nitrogens with one attached hydrogen (secondary N) is 2. The van der Waals surface area contributed by atoms with Crippen molar-refractivity contribution in [1.29, 1.82) is 0 Å². The number of aliphatic hydroxyl groups is 2. The SMILES string of the molecule is O[C@@H]1[C@H](O)CO[C@H]1n1cc(-c2ccccc2)c2c(Nc3ccc(CCN4CCNCC4)cc3)ncnc21. The van der Waals surface area contributed by atoms with E-state index in [2.05, 4.69) is 49.8 Å². The predicted octanol–water partition coefficient (Wildman–Crippen LogP) is 2.54. The number of nitrogens with zero attached hydrogens (tertiary/aromatic N) is 4. The molecule has 2 aromatic heterocycles. The summed E-state index contributed by atoms with van der Waals surface area (Å²) < 4.78 is 7.53. The molecule has 0 unspecified atom stereocenters. The lowest BCUT2D eigenvalue weighted by atomic mass is 10.1. The lowest BCUT2D eigenvalue weighted by molar-refractivity contribution is -0.0159. The first-order chi connectivity index (χ1) is 18.2. The van der Waals surface area contributed by atoms with Crippen LogP contribution in [0.15, 0.2) is 67.1 Å². The van der Waals surface area contributed by atoms with Gasteiger partial charge in [0.2, 0.25) is 0 Å². The highest BCUT2D eigenvalue weighted by molar-refractivity contribution is 6.02. The lowest BCUT2D eigenvalue weighted by Crippen LogP contribution is -2.44. The molecule has 37 heavy (non-hydrogen) atoms. The van der Waals surface area contributed by atoms with Crippen LogP contribution in [0.1, 0.15) is 11.8 Å². The van der Waals surface area contributed by atoms with Gasteiger partial charge in [0.05, 0.1) is 12.0 Å². The van der Waals surface area contributed by atoms with Crippen LogP contribution in [0.3, 0.4) is 0 Å². The summed E-state index contributed by atoms with van der Waals surface area (Å²) in [7, 11) is 0. The molecule has 0 saturated carbocycles. The van der Waals surface area contributed by atoms with Gasteiger partial charge in [-0.3, -0.25) is 0 Å². The van der Waals surface area contributed by atoms with E-state index < -0.39 is 18.4 Å². The van der Waals surface area contributed by atoms with E-state index in [1.54, 1.807) is 4.57 Å². The Balaban J connectivity index is 1.30. The Morgan fingerprint density at radius 1 is 1.00 bits per heavy atom. The van der Waals surface area contributed by atoms with Gasteiger partial charge in [0, 0.05) is 50.2 Å². The molecule has 6 rings (SSSR count). The van der Waals surface area contributed by atoms with E-state index in [-0.39, 0.29) is 6.61 Å². The summed E-state index contributed by atoms with van der Waals surface area (Å²) in [6.07, 6.45) is 1.74. The number of aromatic nitrogens is 3. The Bertz CT molecular complexity index is 1340. The smallest absolute Gasteiger partial charge is 0.164 e. The van der Waals surface area contributed by atoms with Gasteiger partial charge in [-0.05, 0) is 29.7 Å². The molecule has 0 radical (unpaired) electrons. The predicted molar refractivity (Wildman–Crippen MR) is 143 cm³/mol. The van der Waals surface area contributed by atoms with E-state index in [9.17, 15) is 10.2 Å². The van der Waals surface area contributed by atoms with Crippen LogP contribution >= 0.6 is 0 Å². The largest absolute Gasteiger partial charge is 0.388 e. The van der Waals surface area contributed by atoms with Crippen LogP contribution in [0.5, 0.6) is 0 Å². The van der Waals surface area contributed by atoms with Gasteiger partial charge in [-0.25, -0.2) is 9.97 Å². The first kappa shape index (κ1) is 24.0. The average Bonchev–Trinajstić information content (AvgIpc) is 3.49. The van der Waals surface area contributed by atoms with Gasteiger partial charge in [0.1, 0.15) is 30.0 Å². The Hall–Kier alpha value is -3.34. The van der Waals surface area contributed by atoms with E-state index >= 15 is 0 Å². The minimum atomic E-state index is -1.04. The second-order valence-electron chi connectivity index (χ2n) is 9.68. The van der Waals surface area contributed by atoms with E-state index in [4.69, 9.17) is 4.74 Å². The molecule has 4 aromatic rings. The van der Waals surface area contributed by atoms with Crippen LogP contribution < -0.4 is 10.6 Å². The van der Waals surface area contributed by atoms with Crippen molar-refractivity contribution in [3.05, 3.63) is 72.7 Å². The van der Waals surface area contributed by atoms with Crippen molar-refractivity contribution in [3.63, 3.8) is 0 Å². The highest BCUT2D eigenvalue weighted by Crippen LogP contribution is 2.38. The number of benzene rings is 2. The maximum atomic E-state index is 10.5. The molecule has 2 aliphatic rings. The summed E-state index contributed by atoms with van der Waals surface area (Å²) >= 11 is 0. The van der Waals surface area contributed by atoms with Gasteiger partial charge in [-0.1, -0.05) is 42.5 Å². The normalized spacial score (nSPS) is 22.5. The molecular weight excluding hydrogens is 468 g/mol. The number of rotatable bonds is 7. The quantitative estimate of drug-likeness (QED) is 0.307. The molecule has 2 aliphatic heterocycles. The zero-order valence-electron chi connectivity index (χ0n) is 20.6. The summed E-state index contributed by atoms with van der Waals surface area (Å²) in [5, 5.41) is 28.3. The van der Waals surface area contributed by atoms with E-state index in [1.165, 1.54) is 11.9 Å². The number of aliphatic hydroxyl groups excluding tert-OH is 2. The number of piperazine rings is 1. The number of fused-ring (bicyclic) bond motifs is 1. The summed E-state index contributed by atoms with van der Waals surface area (Å²) in [5.74, 6) is 0.671. The molecule has 2 aromatic carbocycles.